The number of Topliss-reactive ketones (excluding diaryl/α,β-unsaturated/α-hetero) is 1. The van der Waals surface area contributed by atoms with Crippen molar-refractivity contribution in [3.63, 3.8) is 0 Å². The van der Waals surface area contributed by atoms with Crippen molar-refractivity contribution in [2.75, 3.05) is 7.11 Å². The largest absolute Gasteiger partial charge is 0.499 e. The van der Waals surface area contributed by atoms with Gasteiger partial charge in [-0.3, -0.25) is 4.79 Å². The van der Waals surface area contributed by atoms with Crippen LogP contribution < -0.4 is 0 Å². The Kier molecular flexibility index (Phi) is 2.33. The van der Waals surface area contributed by atoms with Gasteiger partial charge in [0.05, 0.1) is 7.11 Å². The predicted molar refractivity (Wildman–Crippen MR) is 38.7 cm³/mol. The summed E-state index contributed by atoms with van der Waals surface area (Å²) in [6, 6.07) is 0. The van der Waals surface area contributed by atoms with Crippen molar-refractivity contribution in [2.45, 2.75) is 19.3 Å². The lowest BCUT2D eigenvalue weighted by Crippen LogP contribution is -2.08. The highest BCUT2D eigenvalue weighted by Gasteiger charge is 2.18. The second-order valence-corrected chi connectivity index (χ2v) is 2.60. The zero-order valence-electron chi connectivity index (χ0n) is 5.82. The fourth-order valence-electron chi connectivity index (χ4n) is 0.976. The van der Waals surface area contributed by atoms with Crippen LogP contribution in [0.4, 0.5) is 0 Å². The van der Waals surface area contributed by atoms with Gasteiger partial charge in [0.2, 0.25) is 0 Å². The maximum absolute atomic E-state index is 10.9. The first kappa shape index (κ1) is 7.61. The molecule has 56 valence electrons. The van der Waals surface area contributed by atoms with Crippen LogP contribution in [-0.2, 0) is 9.53 Å². The second kappa shape index (κ2) is 3.06. The van der Waals surface area contributed by atoms with E-state index in [1.807, 2.05) is 0 Å². The number of hydrogen-bond acceptors (Lipinski definition) is 2. The molecule has 3 heteroatoms. The van der Waals surface area contributed by atoms with Crippen LogP contribution in [0.2, 0.25) is 0 Å². The van der Waals surface area contributed by atoms with Crippen molar-refractivity contribution in [1.82, 2.24) is 0 Å². The smallest absolute Gasteiger partial charge is 0.177 e. The molecule has 0 spiro atoms. The molecule has 2 nitrogen and oxygen atoms in total. The average Bonchev–Trinajstić information content (AvgIpc) is 1.95. The van der Waals surface area contributed by atoms with Crippen molar-refractivity contribution >= 4 is 17.4 Å². The van der Waals surface area contributed by atoms with Gasteiger partial charge in [-0.1, -0.05) is 11.6 Å². The van der Waals surface area contributed by atoms with Crippen LogP contribution in [0, 0.1) is 0 Å². The van der Waals surface area contributed by atoms with Crippen LogP contribution in [0.15, 0.2) is 10.8 Å². The maximum Gasteiger partial charge on any atom is 0.177 e. The van der Waals surface area contributed by atoms with Gasteiger partial charge in [-0.15, -0.1) is 0 Å². The Morgan fingerprint density at radius 1 is 1.50 bits per heavy atom. The molecule has 1 rings (SSSR count). The molecule has 0 unspecified atom stereocenters. The molecule has 0 aliphatic heterocycles. The first-order chi connectivity index (χ1) is 4.75. The Morgan fingerprint density at radius 3 is 2.70 bits per heavy atom. The lowest BCUT2D eigenvalue weighted by atomic mass is 10.1. The molecule has 10 heavy (non-hydrogen) atoms. The monoisotopic (exact) mass is 160 g/mol. The third-order valence-electron chi connectivity index (χ3n) is 1.54. The number of methoxy groups -OCH3 is 1. The van der Waals surface area contributed by atoms with Crippen LogP contribution in [0.1, 0.15) is 19.3 Å². The summed E-state index contributed by atoms with van der Waals surface area (Å²) >= 11 is 5.64. The minimum atomic E-state index is 0.00441. The van der Waals surface area contributed by atoms with Gasteiger partial charge in [0.25, 0.3) is 0 Å². The van der Waals surface area contributed by atoms with Crippen LogP contribution >= 0.6 is 11.6 Å². The van der Waals surface area contributed by atoms with Gasteiger partial charge in [0.1, 0.15) is 10.8 Å². The number of hydrogen-bond donors (Lipinski definition) is 0. The zero-order chi connectivity index (χ0) is 7.56. The molecule has 0 N–H and O–H groups in total. The third kappa shape index (κ3) is 1.32. The molecule has 0 bridgehead atoms. The fourth-order valence-corrected chi connectivity index (χ4v) is 1.24. The number of rotatable bonds is 1. The zero-order valence-corrected chi connectivity index (χ0v) is 6.57. The molecule has 0 saturated carbocycles. The first-order valence-corrected chi connectivity index (χ1v) is 3.59. The van der Waals surface area contributed by atoms with Crippen molar-refractivity contribution in [2.24, 2.45) is 0 Å². The average molecular weight is 161 g/mol. The molecule has 0 aromatic rings. The lowest BCUT2D eigenvalue weighted by Gasteiger charge is -2.12. The summed E-state index contributed by atoms with van der Waals surface area (Å²) in [6.45, 7) is 0. The Bertz CT molecular complexity index is 184. The minimum absolute atomic E-state index is 0.00441. The van der Waals surface area contributed by atoms with E-state index < -0.39 is 0 Å². The number of ether oxygens (including phenoxy) is 1. The molecular formula is C7H9ClO2. The Morgan fingerprint density at radius 2 is 2.20 bits per heavy atom. The quantitative estimate of drug-likeness (QED) is 0.585. The number of ketones is 1. The van der Waals surface area contributed by atoms with Crippen molar-refractivity contribution < 1.29 is 9.53 Å². The van der Waals surface area contributed by atoms with E-state index in [2.05, 4.69) is 0 Å². The number of carbonyl (C=O) groups excluding carboxylic acids is 1. The Balaban J connectivity index is 2.82. The third-order valence-corrected chi connectivity index (χ3v) is 1.97. The second-order valence-electron chi connectivity index (χ2n) is 2.22. The Labute approximate surface area is 64.8 Å². The summed E-state index contributed by atoms with van der Waals surface area (Å²) in [7, 11) is 1.54. The van der Waals surface area contributed by atoms with E-state index in [1.165, 1.54) is 7.11 Å². The predicted octanol–water partition coefficient (Wildman–Crippen LogP) is 1.84. The molecule has 0 saturated heterocycles. The van der Waals surface area contributed by atoms with E-state index >= 15 is 0 Å². The summed E-state index contributed by atoms with van der Waals surface area (Å²) in [5, 5.41) is 0.286. The number of carbonyl (C=O) groups is 1. The van der Waals surface area contributed by atoms with Gasteiger partial charge in [-0.05, 0) is 6.42 Å². The van der Waals surface area contributed by atoms with Gasteiger partial charge < -0.3 is 4.74 Å². The van der Waals surface area contributed by atoms with E-state index in [9.17, 15) is 4.79 Å². The van der Waals surface area contributed by atoms with Gasteiger partial charge in [0, 0.05) is 12.8 Å². The Hall–Kier alpha value is -0.500. The highest BCUT2D eigenvalue weighted by molar-refractivity contribution is 6.42. The fraction of sp³-hybridized carbons (Fsp3) is 0.571. The highest BCUT2D eigenvalue weighted by Crippen LogP contribution is 2.24. The molecular weight excluding hydrogens is 152 g/mol. The highest BCUT2D eigenvalue weighted by atomic mass is 35.5. The van der Waals surface area contributed by atoms with E-state index in [1.54, 1.807) is 0 Å². The first-order valence-electron chi connectivity index (χ1n) is 3.21. The normalized spacial score (nSPS) is 19.6. The van der Waals surface area contributed by atoms with Gasteiger partial charge in [0.15, 0.2) is 5.78 Å². The van der Waals surface area contributed by atoms with Crippen LogP contribution in [0.5, 0.6) is 0 Å². The van der Waals surface area contributed by atoms with E-state index in [-0.39, 0.29) is 10.8 Å². The summed E-state index contributed by atoms with van der Waals surface area (Å²) in [5.74, 6) is 0.641. The summed E-state index contributed by atoms with van der Waals surface area (Å²) < 4.78 is 4.90. The minimum Gasteiger partial charge on any atom is -0.499 e. The summed E-state index contributed by atoms with van der Waals surface area (Å²) in [4.78, 5) is 10.9. The molecule has 0 aromatic carbocycles. The molecule has 0 radical (unpaired) electrons. The molecule has 0 aromatic heterocycles. The molecule has 0 fully saturated rings. The van der Waals surface area contributed by atoms with Crippen molar-refractivity contribution in [3.8, 4) is 0 Å². The summed E-state index contributed by atoms with van der Waals surface area (Å²) in [5.41, 5.74) is 0. The van der Waals surface area contributed by atoms with Gasteiger partial charge in [-0.2, -0.15) is 0 Å². The molecule has 0 amide bonds. The van der Waals surface area contributed by atoms with E-state index in [0.29, 0.717) is 12.2 Å². The SMILES string of the molecule is COC1=C(Cl)C(=O)CCC1. The summed E-state index contributed by atoms with van der Waals surface area (Å²) in [6.07, 6.45) is 2.21. The molecule has 1 aliphatic rings. The van der Waals surface area contributed by atoms with Crippen LogP contribution in [-0.4, -0.2) is 12.9 Å². The molecule has 0 atom stereocenters. The standard InChI is InChI=1S/C7H9ClO2/c1-10-6-4-2-3-5(9)7(6)8/h2-4H2,1H3. The van der Waals surface area contributed by atoms with Crippen LogP contribution in [0.3, 0.4) is 0 Å². The number of halogens is 1. The maximum atomic E-state index is 10.9. The molecule has 1 aliphatic carbocycles. The van der Waals surface area contributed by atoms with Gasteiger partial charge >= 0.3 is 0 Å². The van der Waals surface area contributed by atoms with Crippen molar-refractivity contribution in [3.05, 3.63) is 10.8 Å². The van der Waals surface area contributed by atoms with Crippen LogP contribution in [0.25, 0.3) is 0 Å². The topological polar surface area (TPSA) is 26.3 Å². The number of allylic oxidation sites excluding steroid dienone is 2. The van der Waals surface area contributed by atoms with E-state index in [0.717, 1.165) is 12.8 Å². The van der Waals surface area contributed by atoms with Crippen molar-refractivity contribution in [1.29, 1.82) is 0 Å². The molecule has 0 heterocycles. The van der Waals surface area contributed by atoms with E-state index in [4.69, 9.17) is 16.3 Å². The van der Waals surface area contributed by atoms with Gasteiger partial charge in [-0.25, -0.2) is 0 Å². The lowest BCUT2D eigenvalue weighted by molar-refractivity contribution is -0.115.